The molecule has 2 amide bonds. The van der Waals surface area contributed by atoms with Crippen LogP contribution in [0.1, 0.15) is 54.4 Å². The highest BCUT2D eigenvalue weighted by atomic mass is 16.5. The van der Waals surface area contributed by atoms with E-state index < -0.39 is 0 Å². The van der Waals surface area contributed by atoms with Crippen LogP contribution in [0, 0.1) is 0 Å². The number of amides is 2. The minimum Gasteiger partial charge on any atom is -0.396 e. The van der Waals surface area contributed by atoms with Crippen LogP contribution in [0.25, 0.3) is 0 Å². The van der Waals surface area contributed by atoms with Crippen LogP contribution < -0.4 is 15.5 Å². The molecule has 1 aliphatic rings. The van der Waals surface area contributed by atoms with Gasteiger partial charge in [-0.25, -0.2) is 0 Å². The van der Waals surface area contributed by atoms with Gasteiger partial charge in [0, 0.05) is 44.6 Å². The fraction of sp³-hybridized carbons (Fsp3) is 0.619. The van der Waals surface area contributed by atoms with Gasteiger partial charge in [0.25, 0.3) is 11.8 Å². The highest BCUT2D eigenvalue weighted by molar-refractivity contribution is 5.98. The largest absolute Gasteiger partial charge is 0.396 e. The fourth-order valence-corrected chi connectivity index (χ4v) is 3.37. The Hall–Kier alpha value is -1.96. The molecule has 2 rings (SSSR count). The van der Waals surface area contributed by atoms with Gasteiger partial charge in [-0.1, -0.05) is 19.3 Å². The number of carbonyl (C=O) groups is 2. The highest BCUT2D eigenvalue weighted by Crippen LogP contribution is 2.24. The van der Waals surface area contributed by atoms with Crippen LogP contribution >= 0.6 is 0 Å². The van der Waals surface area contributed by atoms with Crippen molar-refractivity contribution >= 4 is 17.5 Å². The van der Waals surface area contributed by atoms with E-state index in [2.05, 4.69) is 10.6 Å². The summed E-state index contributed by atoms with van der Waals surface area (Å²) < 4.78 is 5.07. The van der Waals surface area contributed by atoms with Crippen molar-refractivity contribution in [3.05, 3.63) is 29.3 Å². The topological polar surface area (TPSA) is 90.9 Å². The summed E-state index contributed by atoms with van der Waals surface area (Å²) in [7, 11) is 1.52. The second-order valence-corrected chi connectivity index (χ2v) is 7.10. The first-order valence-electron chi connectivity index (χ1n) is 10.2. The monoisotopic (exact) mass is 391 g/mol. The maximum Gasteiger partial charge on any atom is 0.252 e. The Morgan fingerprint density at radius 1 is 1.21 bits per heavy atom. The van der Waals surface area contributed by atoms with Gasteiger partial charge in [-0.2, -0.15) is 0 Å². The van der Waals surface area contributed by atoms with Crippen molar-refractivity contribution < 1.29 is 19.4 Å². The number of aliphatic hydroxyl groups is 1. The molecule has 0 radical (unpaired) electrons. The lowest BCUT2D eigenvalue weighted by Crippen LogP contribution is -2.36. The normalized spacial score (nSPS) is 15.9. The Bertz CT molecular complexity index is 636. The van der Waals surface area contributed by atoms with Crippen LogP contribution in [0.4, 0.5) is 5.69 Å². The van der Waals surface area contributed by atoms with Crippen LogP contribution in [0.5, 0.6) is 0 Å². The number of hydrogen-bond donors (Lipinski definition) is 3. The first-order chi connectivity index (χ1) is 13.7. The van der Waals surface area contributed by atoms with Crippen molar-refractivity contribution in [3.63, 3.8) is 0 Å². The van der Waals surface area contributed by atoms with E-state index in [-0.39, 0.29) is 25.0 Å². The third-order valence-electron chi connectivity index (χ3n) is 4.87. The lowest BCUT2D eigenvalue weighted by Gasteiger charge is -2.26. The zero-order valence-corrected chi connectivity index (χ0v) is 16.8. The van der Waals surface area contributed by atoms with Gasteiger partial charge >= 0.3 is 0 Å². The summed E-state index contributed by atoms with van der Waals surface area (Å²) in [5, 5.41) is 15.1. The molecular weight excluding hydrogens is 358 g/mol. The van der Waals surface area contributed by atoms with Crippen molar-refractivity contribution in [2.45, 2.75) is 45.1 Å². The van der Waals surface area contributed by atoms with Crippen LogP contribution in [-0.4, -0.2) is 56.9 Å². The first kappa shape index (κ1) is 22.3. The summed E-state index contributed by atoms with van der Waals surface area (Å²) in [6.07, 6.45) is 6.05. The maximum absolute atomic E-state index is 12.6. The third kappa shape index (κ3) is 6.89. The second kappa shape index (κ2) is 12.5. The molecule has 1 heterocycles. The van der Waals surface area contributed by atoms with Gasteiger partial charge < -0.3 is 25.4 Å². The molecule has 0 aromatic heterocycles. The minimum atomic E-state index is -0.169. The van der Waals surface area contributed by atoms with Gasteiger partial charge in [0.2, 0.25) is 0 Å². The average molecular weight is 392 g/mol. The molecule has 28 heavy (non-hydrogen) atoms. The molecule has 0 bridgehead atoms. The molecule has 0 unspecified atom stereocenters. The predicted molar refractivity (Wildman–Crippen MR) is 109 cm³/mol. The molecule has 1 aromatic rings. The number of aliphatic hydroxyl groups excluding tert-OH is 1. The molecule has 3 N–H and O–H groups in total. The molecule has 0 saturated heterocycles. The molecule has 0 saturated carbocycles. The summed E-state index contributed by atoms with van der Waals surface area (Å²) in [6.45, 7) is 2.68. The van der Waals surface area contributed by atoms with E-state index in [0.717, 1.165) is 37.1 Å². The summed E-state index contributed by atoms with van der Waals surface area (Å²) in [5.74, 6) is -0.238. The van der Waals surface area contributed by atoms with E-state index in [1.54, 1.807) is 11.0 Å². The molecule has 0 atom stereocenters. The standard InChI is InChI=1S/C21H33N3O4/c1-28-16-20(26)24-12-6-4-2-3-5-10-22-15-18-14-17(8-9-19(18)24)21(27)23-11-7-13-25/h8-9,14,22,25H,2-7,10-13,15-16H2,1H3,(H,23,27). The molecule has 1 aliphatic heterocycles. The number of methoxy groups -OCH3 is 1. The summed E-state index contributed by atoms with van der Waals surface area (Å²) in [4.78, 5) is 26.8. The van der Waals surface area contributed by atoms with Gasteiger partial charge in [-0.15, -0.1) is 0 Å². The average Bonchev–Trinajstić information content (AvgIpc) is 2.68. The van der Waals surface area contributed by atoms with Crippen molar-refractivity contribution in [1.29, 1.82) is 0 Å². The van der Waals surface area contributed by atoms with Gasteiger partial charge in [-0.05, 0) is 49.6 Å². The maximum atomic E-state index is 12.6. The number of fused-ring (bicyclic) bond motifs is 1. The Morgan fingerprint density at radius 3 is 2.79 bits per heavy atom. The molecule has 0 aliphatic carbocycles. The van der Waals surface area contributed by atoms with E-state index in [0.29, 0.717) is 31.6 Å². The number of nitrogens with one attached hydrogen (secondary N) is 2. The molecule has 0 spiro atoms. The first-order valence-corrected chi connectivity index (χ1v) is 10.2. The van der Waals surface area contributed by atoms with E-state index in [4.69, 9.17) is 9.84 Å². The zero-order chi connectivity index (χ0) is 20.2. The van der Waals surface area contributed by atoms with Gasteiger partial charge in [0.1, 0.15) is 6.61 Å². The van der Waals surface area contributed by atoms with E-state index in [9.17, 15) is 9.59 Å². The number of benzene rings is 1. The minimum absolute atomic E-state index is 0.0380. The fourth-order valence-electron chi connectivity index (χ4n) is 3.37. The Kier molecular flexibility index (Phi) is 9.96. The van der Waals surface area contributed by atoms with Gasteiger partial charge in [-0.3, -0.25) is 9.59 Å². The Labute approximate surface area is 167 Å². The number of carbonyl (C=O) groups excluding carboxylic acids is 2. The molecule has 7 nitrogen and oxygen atoms in total. The number of rotatable bonds is 6. The predicted octanol–water partition coefficient (Wildman–Crippen LogP) is 1.83. The Morgan fingerprint density at radius 2 is 2.00 bits per heavy atom. The van der Waals surface area contributed by atoms with Crippen molar-refractivity contribution in [1.82, 2.24) is 10.6 Å². The van der Waals surface area contributed by atoms with E-state index in [1.807, 2.05) is 12.1 Å². The quantitative estimate of drug-likeness (QED) is 0.644. The molecular formula is C21H33N3O4. The molecule has 1 aromatic carbocycles. The summed E-state index contributed by atoms with van der Waals surface area (Å²) in [5.41, 5.74) is 2.33. The van der Waals surface area contributed by atoms with E-state index >= 15 is 0 Å². The summed E-state index contributed by atoms with van der Waals surface area (Å²) in [6, 6.07) is 5.47. The Balaban J connectivity index is 2.27. The van der Waals surface area contributed by atoms with Crippen molar-refractivity contribution in [3.8, 4) is 0 Å². The SMILES string of the molecule is COCC(=O)N1CCCCCCCNCc2cc(C(=O)NCCCO)ccc21. The third-order valence-corrected chi connectivity index (χ3v) is 4.87. The number of ether oxygens (including phenoxy) is 1. The lowest BCUT2D eigenvalue weighted by atomic mass is 10.0. The van der Waals surface area contributed by atoms with Crippen LogP contribution in [-0.2, 0) is 16.1 Å². The number of anilines is 1. The van der Waals surface area contributed by atoms with E-state index in [1.165, 1.54) is 20.0 Å². The second-order valence-electron chi connectivity index (χ2n) is 7.10. The zero-order valence-electron chi connectivity index (χ0n) is 16.8. The number of nitrogens with zero attached hydrogens (tertiary/aromatic N) is 1. The van der Waals surface area contributed by atoms with Crippen molar-refractivity contribution in [2.24, 2.45) is 0 Å². The molecule has 156 valence electrons. The van der Waals surface area contributed by atoms with Crippen LogP contribution in [0.15, 0.2) is 18.2 Å². The van der Waals surface area contributed by atoms with Crippen LogP contribution in [0.3, 0.4) is 0 Å². The van der Waals surface area contributed by atoms with Crippen molar-refractivity contribution in [2.75, 3.05) is 44.9 Å². The lowest BCUT2D eigenvalue weighted by molar-refractivity contribution is -0.122. The summed E-state index contributed by atoms with van der Waals surface area (Å²) >= 11 is 0. The highest BCUT2D eigenvalue weighted by Gasteiger charge is 2.20. The number of hydrogen-bond acceptors (Lipinski definition) is 5. The smallest absolute Gasteiger partial charge is 0.252 e. The molecule has 0 fully saturated rings. The molecule has 7 heteroatoms. The van der Waals surface area contributed by atoms with Gasteiger partial charge in [0.15, 0.2) is 0 Å². The van der Waals surface area contributed by atoms with Crippen LogP contribution in [0.2, 0.25) is 0 Å². The van der Waals surface area contributed by atoms with Gasteiger partial charge in [0.05, 0.1) is 0 Å².